The minimum atomic E-state index is -0.324. The number of hydrogen-bond donors (Lipinski definition) is 1. The Hall–Kier alpha value is -2.73. The Labute approximate surface area is 153 Å². The van der Waals surface area contributed by atoms with Gasteiger partial charge in [-0.2, -0.15) is 0 Å². The van der Waals surface area contributed by atoms with Crippen molar-refractivity contribution in [3.63, 3.8) is 0 Å². The van der Waals surface area contributed by atoms with Gasteiger partial charge in [0.15, 0.2) is 0 Å². The van der Waals surface area contributed by atoms with Crippen LogP contribution >= 0.6 is 0 Å². The lowest BCUT2D eigenvalue weighted by Gasteiger charge is -2.24. The zero-order valence-corrected chi connectivity index (χ0v) is 15.3. The van der Waals surface area contributed by atoms with Crippen LogP contribution in [0.25, 0.3) is 0 Å². The zero-order valence-electron chi connectivity index (χ0n) is 15.3. The Bertz CT molecular complexity index is 745. The van der Waals surface area contributed by atoms with Crippen molar-refractivity contribution in [2.24, 2.45) is 0 Å². The van der Waals surface area contributed by atoms with Crippen LogP contribution in [0, 0.1) is 5.82 Å². The lowest BCUT2D eigenvalue weighted by atomic mass is 10.1. The molecule has 5 nitrogen and oxygen atoms in total. The molecule has 6 heteroatoms. The maximum absolute atomic E-state index is 13.1. The lowest BCUT2D eigenvalue weighted by Crippen LogP contribution is -2.38. The normalized spacial score (nSPS) is 10.7. The highest BCUT2D eigenvalue weighted by molar-refractivity contribution is 5.95. The highest BCUT2D eigenvalue weighted by Gasteiger charge is 2.16. The van der Waals surface area contributed by atoms with Crippen LogP contribution in [-0.2, 0) is 11.3 Å². The Morgan fingerprint density at radius 1 is 1.04 bits per heavy atom. The molecule has 1 N–H and O–H groups in total. The third kappa shape index (κ3) is 5.13. The second kappa shape index (κ2) is 9.10. The van der Waals surface area contributed by atoms with Crippen molar-refractivity contribution in [2.45, 2.75) is 13.5 Å². The number of carbonyl (C=O) groups is 2. The van der Waals surface area contributed by atoms with Crippen molar-refractivity contribution >= 4 is 17.5 Å². The minimum Gasteiger partial charge on any atom is -0.355 e. The molecule has 0 unspecified atom stereocenters. The summed E-state index contributed by atoms with van der Waals surface area (Å²) in [7, 11) is 3.46. The van der Waals surface area contributed by atoms with Gasteiger partial charge in [0.2, 0.25) is 5.91 Å². The third-order valence-electron chi connectivity index (χ3n) is 4.06. The summed E-state index contributed by atoms with van der Waals surface area (Å²) < 4.78 is 13.1. The number of nitrogens with one attached hydrogen (secondary N) is 1. The monoisotopic (exact) mass is 357 g/mol. The van der Waals surface area contributed by atoms with Gasteiger partial charge in [0.05, 0.1) is 6.54 Å². The van der Waals surface area contributed by atoms with E-state index in [0.29, 0.717) is 24.3 Å². The van der Waals surface area contributed by atoms with Crippen LogP contribution in [0.2, 0.25) is 0 Å². The molecule has 0 aromatic heterocycles. The maximum Gasteiger partial charge on any atom is 0.251 e. The van der Waals surface area contributed by atoms with Gasteiger partial charge in [-0.05, 0) is 55.9 Å². The third-order valence-corrected chi connectivity index (χ3v) is 4.06. The molecule has 2 amide bonds. The van der Waals surface area contributed by atoms with E-state index in [1.807, 2.05) is 31.0 Å². The first kappa shape index (κ1) is 19.6. The maximum atomic E-state index is 13.1. The minimum absolute atomic E-state index is 0.0522. The second-order valence-corrected chi connectivity index (χ2v) is 6.06. The second-order valence-electron chi connectivity index (χ2n) is 6.06. The van der Waals surface area contributed by atoms with Crippen LogP contribution in [0.1, 0.15) is 22.8 Å². The van der Waals surface area contributed by atoms with Gasteiger partial charge in [-0.3, -0.25) is 14.5 Å². The largest absolute Gasteiger partial charge is 0.355 e. The molecule has 0 saturated carbocycles. The van der Waals surface area contributed by atoms with Crippen LogP contribution in [0.5, 0.6) is 0 Å². The molecule has 0 aliphatic heterocycles. The molecule has 0 saturated heterocycles. The summed E-state index contributed by atoms with van der Waals surface area (Å²) >= 11 is 0. The lowest BCUT2D eigenvalue weighted by molar-refractivity contribution is -0.119. The molecule has 2 rings (SSSR count). The Balaban J connectivity index is 1.97. The number of anilines is 1. The van der Waals surface area contributed by atoms with E-state index < -0.39 is 0 Å². The molecular weight excluding hydrogens is 333 g/mol. The molecule has 0 bridgehead atoms. The van der Waals surface area contributed by atoms with Gasteiger partial charge < -0.3 is 10.2 Å². The van der Waals surface area contributed by atoms with E-state index in [2.05, 4.69) is 5.32 Å². The van der Waals surface area contributed by atoms with Gasteiger partial charge in [-0.15, -0.1) is 0 Å². The molecule has 0 aliphatic carbocycles. The zero-order chi connectivity index (χ0) is 19.1. The molecule has 0 spiro atoms. The number of carbonyl (C=O) groups excluding carboxylic acids is 2. The molecule has 0 heterocycles. The van der Waals surface area contributed by atoms with Crippen molar-refractivity contribution in [3.8, 4) is 0 Å². The van der Waals surface area contributed by atoms with Crippen LogP contribution in [0.4, 0.5) is 10.1 Å². The van der Waals surface area contributed by atoms with E-state index >= 15 is 0 Å². The van der Waals surface area contributed by atoms with Crippen molar-refractivity contribution in [2.75, 3.05) is 32.1 Å². The van der Waals surface area contributed by atoms with Crippen LogP contribution < -0.4 is 10.2 Å². The number of hydrogen-bond acceptors (Lipinski definition) is 3. The highest BCUT2D eigenvalue weighted by Crippen LogP contribution is 2.15. The fourth-order valence-electron chi connectivity index (χ4n) is 2.71. The fraction of sp³-hybridized carbons (Fsp3) is 0.300. The summed E-state index contributed by atoms with van der Waals surface area (Å²) in [6.07, 6.45) is 0. The molecule has 0 fully saturated rings. The standard InChI is InChI=1S/C20H24FN3O2/c1-4-24(18-11-9-17(21)10-12-18)19(25)14-23(3)13-15-5-7-16(8-6-15)20(26)22-2/h5-12H,4,13-14H2,1-3H3,(H,22,26). The first-order valence-corrected chi connectivity index (χ1v) is 8.50. The summed E-state index contributed by atoms with van der Waals surface area (Å²) in [4.78, 5) is 27.7. The molecule has 2 aromatic carbocycles. The van der Waals surface area contributed by atoms with Crippen LogP contribution in [0.15, 0.2) is 48.5 Å². The number of halogens is 1. The molecule has 138 valence electrons. The Morgan fingerprint density at radius 3 is 2.19 bits per heavy atom. The molecule has 0 aliphatic rings. The quantitative estimate of drug-likeness (QED) is 0.829. The van der Waals surface area contributed by atoms with E-state index in [1.165, 1.54) is 12.1 Å². The van der Waals surface area contributed by atoms with Crippen LogP contribution in [0.3, 0.4) is 0 Å². The van der Waals surface area contributed by atoms with E-state index in [-0.39, 0.29) is 24.2 Å². The summed E-state index contributed by atoms with van der Waals surface area (Å²) in [5, 5.41) is 2.58. The predicted molar refractivity (Wildman–Crippen MR) is 101 cm³/mol. The summed E-state index contributed by atoms with van der Waals surface area (Å²) in [5.74, 6) is -0.504. The van der Waals surface area contributed by atoms with Gasteiger partial charge >= 0.3 is 0 Å². The van der Waals surface area contributed by atoms with Gasteiger partial charge in [-0.1, -0.05) is 12.1 Å². The SMILES string of the molecule is CCN(C(=O)CN(C)Cc1ccc(C(=O)NC)cc1)c1ccc(F)cc1. The van der Waals surface area contributed by atoms with E-state index in [4.69, 9.17) is 0 Å². The molecular formula is C20H24FN3O2. The highest BCUT2D eigenvalue weighted by atomic mass is 19.1. The topological polar surface area (TPSA) is 52.7 Å². The number of likely N-dealkylation sites (N-methyl/N-ethyl adjacent to an activating group) is 2. The number of nitrogens with zero attached hydrogens (tertiary/aromatic N) is 2. The first-order valence-electron chi connectivity index (χ1n) is 8.50. The number of rotatable bonds is 7. The smallest absolute Gasteiger partial charge is 0.251 e. The van der Waals surface area contributed by atoms with Gasteiger partial charge in [-0.25, -0.2) is 4.39 Å². The van der Waals surface area contributed by atoms with E-state index in [1.54, 1.807) is 36.2 Å². The van der Waals surface area contributed by atoms with Crippen molar-refractivity contribution in [3.05, 3.63) is 65.5 Å². The average Bonchev–Trinajstić information content (AvgIpc) is 2.63. The Morgan fingerprint density at radius 2 is 1.65 bits per heavy atom. The first-order chi connectivity index (χ1) is 12.4. The molecule has 26 heavy (non-hydrogen) atoms. The predicted octanol–water partition coefficient (Wildman–Crippen LogP) is 2.67. The van der Waals surface area contributed by atoms with Crippen molar-refractivity contribution < 1.29 is 14.0 Å². The molecule has 2 aromatic rings. The van der Waals surface area contributed by atoms with E-state index in [9.17, 15) is 14.0 Å². The molecule has 0 radical (unpaired) electrons. The van der Waals surface area contributed by atoms with Crippen molar-refractivity contribution in [1.82, 2.24) is 10.2 Å². The Kier molecular flexibility index (Phi) is 6.86. The molecule has 0 atom stereocenters. The van der Waals surface area contributed by atoms with Gasteiger partial charge in [0.1, 0.15) is 5.82 Å². The number of benzene rings is 2. The average molecular weight is 357 g/mol. The fourth-order valence-corrected chi connectivity index (χ4v) is 2.71. The van der Waals surface area contributed by atoms with Crippen molar-refractivity contribution in [1.29, 1.82) is 0 Å². The summed E-state index contributed by atoms with van der Waals surface area (Å²) in [6, 6.07) is 13.2. The van der Waals surface area contributed by atoms with Crippen LogP contribution in [-0.4, -0.2) is 43.9 Å². The summed E-state index contributed by atoms with van der Waals surface area (Å²) in [6.45, 7) is 3.22. The summed E-state index contributed by atoms with van der Waals surface area (Å²) in [5.41, 5.74) is 2.29. The number of amides is 2. The van der Waals surface area contributed by atoms with E-state index in [0.717, 1.165) is 5.56 Å². The van der Waals surface area contributed by atoms with Gasteiger partial charge in [0, 0.05) is 31.4 Å². The van der Waals surface area contributed by atoms with Gasteiger partial charge in [0.25, 0.3) is 5.91 Å².